The molecule has 4 aromatic rings. The maximum absolute atomic E-state index is 13.1. The summed E-state index contributed by atoms with van der Waals surface area (Å²) in [6.07, 6.45) is 0. The summed E-state index contributed by atoms with van der Waals surface area (Å²) in [5.41, 5.74) is 9.38. The number of aryl methyl sites for hydroxylation is 1. The molecule has 0 atom stereocenters. The van der Waals surface area contributed by atoms with Crippen LogP contribution in [0.5, 0.6) is 0 Å². The highest BCUT2D eigenvalue weighted by Crippen LogP contribution is 2.31. The van der Waals surface area contributed by atoms with Crippen molar-refractivity contribution in [1.29, 1.82) is 10.5 Å². The van der Waals surface area contributed by atoms with Crippen LogP contribution in [0, 0.1) is 29.6 Å². The van der Waals surface area contributed by atoms with Gasteiger partial charge in [-0.25, -0.2) is 9.97 Å². The van der Waals surface area contributed by atoms with Crippen LogP contribution < -0.4 is 11.3 Å². The highest BCUT2D eigenvalue weighted by atomic mass is 32.1. The molecule has 2 N–H and O–H groups in total. The van der Waals surface area contributed by atoms with E-state index >= 15 is 0 Å². The molecule has 2 heterocycles. The molecule has 4 rings (SSSR count). The standard InChI is InChI=1S/C21H14N6OS/c1-12-25-19-7-16(20-26-15(9-23)11-29-20)18(24)6-17(19)21(28)27(12)10-14-4-2-13(8-22)3-5-14/h2-7,11H,10,24H2,1H3. The Morgan fingerprint density at radius 3 is 2.55 bits per heavy atom. The van der Waals surface area contributed by atoms with Gasteiger partial charge in [0.05, 0.1) is 29.1 Å². The zero-order valence-electron chi connectivity index (χ0n) is 15.4. The largest absolute Gasteiger partial charge is 0.398 e. The lowest BCUT2D eigenvalue weighted by Gasteiger charge is -2.12. The molecule has 29 heavy (non-hydrogen) atoms. The molecule has 0 aliphatic rings. The van der Waals surface area contributed by atoms with Gasteiger partial charge in [-0.05, 0) is 36.8 Å². The van der Waals surface area contributed by atoms with Crippen molar-refractivity contribution in [2.24, 2.45) is 0 Å². The second kappa shape index (κ2) is 7.19. The quantitative estimate of drug-likeness (QED) is 0.529. The molecule has 0 spiro atoms. The lowest BCUT2D eigenvalue weighted by atomic mass is 10.1. The molecule has 8 heteroatoms. The first-order valence-electron chi connectivity index (χ1n) is 8.66. The fourth-order valence-corrected chi connectivity index (χ4v) is 3.87. The Bertz CT molecular complexity index is 1390. The minimum atomic E-state index is -0.188. The third-order valence-corrected chi connectivity index (χ3v) is 5.46. The van der Waals surface area contributed by atoms with E-state index in [1.54, 1.807) is 41.1 Å². The van der Waals surface area contributed by atoms with E-state index in [4.69, 9.17) is 16.3 Å². The topological polar surface area (TPSA) is 121 Å². The Hall–Kier alpha value is -4.01. The van der Waals surface area contributed by atoms with Crippen LogP contribution in [-0.2, 0) is 6.54 Å². The van der Waals surface area contributed by atoms with Crippen molar-refractivity contribution in [2.75, 3.05) is 5.73 Å². The van der Waals surface area contributed by atoms with E-state index in [2.05, 4.69) is 16.0 Å². The van der Waals surface area contributed by atoms with Crippen LogP contribution in [0.15, 0.2) is 46.6 Å². The summed E-state index contributed by atoms with van der Waals surface area (Å²) in [7, 11) is 0. The highest BCUT2D eigenvalue weighted by molar-refractivity contribution is 7.13. The summed E-state index contributed by atoms with van der Waals surface area (Å²) in [5, 5.41) is 20.6. The first-order chi connectivity index (χ1) is 14.0. The number of nitriles is 2. The van der Waals surface area contributed by atoms with Crippen LogP contribution in [0.3, 0.4) is 0 Å². The average molecular weight is 398 g/mol. The van der Waals surface area contributed by atoms with Crippen LogP contribution in [-0.4, -0.2) is 14.5 Å². The highest BCUT2D eigenvalue weighted by Gasteiger charge is 2.14. The molecule has 140 valence electrons. The van der Waals surface area contributed by atoms with E-state index in [0.717, 1.165) is 5.56 Å². The zero-order chi connectivity index (χ0) is 20.5. The molecule has 0 amide bonds. The maximum Gasteiger partial charge on any atom is 0.261 e. The number of fused-ring (bicyclic) bond motifs is 1. The number of hydrogen-bond donors (Lipinski definition) is 1. The van der Waals surface area contributed by atoms with Gasteiger partial charge in [0.15, 0.2) is 5.69 Å². The van der Waals surface area contributed by atoms with Crippen molar-refractivity contribution in [1.82, 2.24) is 14.5 Å². The summed E-state index contributed by atoms with van der Waals surface area (Å²) in [5.74, 6) is 0.569. The van der Waals surface area contributed by atoms with Crippen LogP contribution in [0.4, 0.5) is 5.69 Å². The molecule has 0 aliphatic heterocycles. The molecule has 7 nitrogen and oxygen atoms in total. The number of nitrogen functional groups attached to an aromatic ring is 1. The third-order valence-electron chi connectivity index (χ3n) is 4.59. The molecule has 2 aromatic heterocycles. The predicted octanol–water partition coefficient (Wildman–Crippen LogP) is 3.20. The number of nitrogens with two attached hydrogens (primary N) is 1. The lowest BCUT2D eigenvalue weighted by molar-refractivity contribution is 0.713. The fraction of sp³-hybridized carbons (Fsp3) is 0.0952. The maximum atomic E-state index is 13.1. The van der Waals surface area contributed by atoms with Gasteiger partial charge >= 0.3 is 0 Å². The zero-order valence-corrected chi connectivity index (χ0v) is 16.2. The van der Waals surface area contributed by atoms with Gasteiger partial charge in [-0.2, -0.15) is 10.5 Å². The smallest absolute Gasteiger partial charge is 0.261 e. The van der Waals surface area contributed by atoms with E-state index < -0.39 is 0 Å². The fourth-order valence-electron chi connectivity index (χ4n) is 3.08. The van der Waals surface area contributed by atoms with Crippen LogP contribution in [0.25, 0.3) is 21.5 Å². The van der Waals surface area contributed by atoms with E-state index in [9.17, 15) is 4.79 Å². The minimum Gasteiger partial charge on any atom is -0.398 e. The monoisotopic (exact) mass is 398 g/mol. The Morgan fingerprint density at radius 1 is 1.14 bits per heavy atom. The third kappa shape index (κ3) is 3.33. The van der Waals surface area contributed by atoms with E-state index in [1.807, 2.05) is 18.2 Å². The predicted molar refractivity (Wildman–Crippen MR) is 111 cm³/mol. The van der Waals surface area contributed by atoms with Crippen molar-refractivity contribution < 1.29 is 0 Å². The van der Waals surface area contributed by atoms with Gasteiger partial charge in [0.2, 0.25) is 0 Å². The molecule has 2 aromatic carbocycles. The summed E-state index contributed by atoms with van der Waals surface area (Å²) in [6.45, 7) is 2.12. The van der Waals surface area contributed by atoms with Crippen LogP contribution in [0.2, 0.25) is 0 Å². The molecule has 0 saturated carbocycles. The first kappa shape index (κ1) is 18.4. The average Bonchev–Trinajstić information content (AvgIpc) is 3.21. The lowest BCUT2D eigenvalue weighted by Crippen LogP contribution is -2.24. The number of rotatable bonds is 3. The van der Waals surface area contributed by atoms with Gasteiger partial charge in [-0.3, -0.25) is 9.36 Å². The van der Waals surface area contributed by atoms with Gasteiger partial charge in [0, 0.05) is 16.6 Å². The first-order valence-corrected chi connectivity index (χ1v) is 9.54. The molecule has 0 saturated heterocycles. The number of hydrogen-bond acceptors (Lipinski definition) is 7. The van der Waals surface area contributed by atoms with Crippen LogP contribution in [0.1, 0.15) is 22.6 Å². The molecule has 0 aliphatic carbocycles. The molecule has 0 unspecified atom stereocenters. The summed E-state index contributed by atoms with van der Waals surface area (Å²) in [4.78, 5) is 21.9. The Kier molecular flexibility index (Phi) is 4.55. The van der Waals surface area contributed by atoms with Gasteiger partial charge < -0.3 is 5.73 Å². The van der Waals surface area contributed by atoms with Gasteiger partial charge in [-0.15, -0.1) is 11.3 Å². The number of thiazole rings is 1. The summed E-state index contributed by atoms with van der Waals surface area (Å²) < 4.78 is 1.58. The Balaban J connectivity index is 1.81. The van der Waals surface area contributed by atoms with Gasteiger partial charge in [0.25, 0.3) is 5.56 Å². The van der Waals surface area contributed by atoms with E-state index in [0.29, 0.717) is 50.8 Å². The summed E-state index contributed by atoms with van der Waals surface area (Å²) >= 11 is 1.32. The van der Waals surface area contributed by atoms with E-state index in [1.165, 1.54) is 11.3 Å². The van der Waals surface area contributed by atoms with Crippen molar-refractivity contribution in [2.45, 2.75) is 13.5 Å². The second-order valence-corrected chi connectivity index (χ2v) is 7.32. The van der Waals surface area contributed by atoms with Gasteiger partial charge in [-0.1, -0.05) is 12.1 Å². The number of nitrogens with zero attached hydrogens (tertiary/aromatic N) is 5. The van der Waals surface area contributed by atoms with Crippen LogP contribution >= 0.6 is 11.3 Å². The SMILES string of the molecule is Cc1nc2cc(-c3nc(C#N)cs3)c(N)cc2c(=O)n1Cc1ccc(C#N)cc1. The molecule has 0 bridgehead atoms. The normalized spacial score (nSPS) is 10.6. The molecular formula is C21H14N6OS. The number of anilines is 1. The number of aromatic nitrogens is 3. The Morgan fingerprint density at radius 2 is 1.90 bits per heavy atom. The van der Waals surface area contributed by atoms with Crippen molar-refractivity contribution in [3.05, 3.63) is 74.8 Å². The summed E-state index contributed by atoms with van der Waals surface area (Å²) in [6, 6.07) is 14.5. The van der Waals surface area contributed by atoms with Crippen molar-refractivity contribution in [3.8, 4) is 22.7 Å². The molecule has 0 radical (unpaired) electrons. The van der Waals surface area contributed by atoms with E-state index in [-0.39, 0.29) is 5.56 Å². The number of benzene rings is 2. The van der Waals surface area contributed by atoms with Crippen molar-refractivity contribution >= 4 is 27.9 Å². The Labute approximate surface area is 169 Å². The second-order valence-electron chi connectivity index (χ2n) is 6.47. The van der Waals surface area contributed by atoms with Crippen molar-refractivity contribution in [3.63, 3.8) is 0 Å². The minimum absolute atomic E-state index is 0.188. The molecule has 0 fully saturated rings. The molecular weight excluding hydrogens is 384 g/mol. The van der Waals surface area contributed by atoms with Gasteiger partial charge in [0.1, 0.15) is 16.9 Å².